The molecule has 0 aliphatic rings. The van der Waals surface area contributed by atoms with E-state index in [0.717, 1.165) is 0 Å². The minimum atomic E-state index is 0. The first-order chi connectivity index (χ1) is 0. The standard InChI is InChI=1S/3Li.5N.6Nb.3H/q;;;5*-3;;;;3*+5;;;. The summed E-state index contributed by atoms with van der Waals surface area (Å²) in [7, 11) is 0. The summed E-state index contributed by atoms with van der Waals surface area (Å²) >= 11 is 0. The molecule has 0 heterocycles. The third-order valence-corrected chi connectivity index (χ3v) is 0. The first kappa shape index (κ1) is 199. The molecule has 0 saturated heterocycles. The van der Waals surface area contributed by atoms with Crippen molar-refractivity contribution >= 4 is 56.6 Å². The van der Waals surface area contributed by atoms with E-state index < -0.39 is 0 Å². The molecule has 0 amide bonds. The van der Waals surface area contributed by atoms with Gasteiger partial charge in [-0.15, -0.1) is 0 Å². The van der Waals surface area contributed by atoms with Crippen molar-refractivity contribution < 1.29 is 134 Å². The van der Waals surface area contributed by atoms with Crippen LogP contribution >= 0.6 is 0 Å². The van der Waals surface area contributed by atoms with E-state index in [9.17, 15) is 0 Å². The van der Waals surface area contributed by atoms with E-state index in [0.29, 0.717) is 0 Å². The van der Waals surface area contributed by atoms with Gasteiger partial charge in [-0.05, 0) is 0 Å². The van der Waals surface area contributed by atoms with Crippen molar-refractivity contribution in [2.24, 2.45) is 0 Å². The first-order valence-electron chi connectivity index (χ1n) is 0. The average molecular weight is 651 g/mol. The molecule has 0 rings (SSSR count). The van der Waals surface area contributed by atoms with E-state index in [4.69, 9.17) is 0 Å². The van der Waals surface area contributed by atoms with Gasteiger partial charge in [-0.1, -0.05) is 0 Å². The number of hydrogen-bond donors (Lipinski definition) is 0. The van der Waals surface area contributed by atoms with E-state index in [1.54, 1.807) is 0 Å². The topological polar surface area (TPSA) is 152 Å². The molecule has 0 aromatic rings. The third-order valence-electron chi connectivity index (χ3n) is 0. The van der Waals surface area contributed by atoms with Gasteiger partial charge in [-0.3, -0.25) is 0 Å². The Bertz CT molecular complexity index is 21.4. The van der Waals surface area contributed by atoms with E-state index in [1.807, 2.05) is 0 Å². The quantitative estimate of drug-likeness (QED) is 0.310. The van der Waals surface area contributed by atoms with E-state index >= 15 is 0 Å². The minimum Gasteiger partial charge on any atom is -3.00 e. The Morgan fingerprint density at radius 1 is 0.286 bits per heavy atom. The fourth-order valence-electron chi connectivity index (χ4n) is 0. The molecule has 0 aromatic carbocycles. The van der Waals surface area contributed by atoms with Crippen LogP contribution < -0.4 is 0 Å². The van der Waals surface area contributed by atoms with Crippen LogP contribution in [0.3, 0.4) is 0 Å². The molecule has 5 nitrogen and oxygen atoms in total. The Kier molecular flexibility index (Phi) is 2420. The Morgan fingerprint density at radius 2 is 0.286 bits per heavy atom. The molecule has 14 heteroatoms. The van der Waals surface area contributed by atoms with Gasteiger partial charge < -0.3 is 30.8 Å². The molecule has 0 aliphatic heterocycles. The summed E-state index contributed by atoms with van der Waals surface area (Å²) in [5.41, 5.74) is 0. The van der Waals surface area contributed by atoms with Gasteiger partial charge in [0.2, 0.25) is 0 Å². The average Bonchev–Trinajstić information content (AvgIpc) is 0. The molecule has 0 N–H and O–H groups in total. The number of rotatable bonds is 0. The third kappa shape index (κ3) is 144. The summed E-state index contributed by atoms with van der Waals surface area (Å²) in [5, 5.41) is 0. The van der Waals surface area contributed by atoms with Gasteiger partial charge in [0.25, 0.3) is 0 Å². The Balaban J connectivity index is 0. The van der Waals surface area contributed by atoms with Crippen LogP contribution in [0.2, 0.25) is 0 Å². The molecule has 14 heavy (non-hydrogen) atoms. The molecule has 0 saturated carbocycles. The Labute approximate surface area is 217 Å². The molecule has 0 bridgehead atoms. The summed E-state index contributed by atoms with van der Waals surface area (Å²) in [6.45, 7) is 0. The van der Waals surface area contributed by atoms with Crippen LogP contribution in [0.4, 0.5) is 0 Å². The van der Waals surface area contributed by atoms with Crippen LogP contribution in [0.25, 0.3) is 30.8 Å². The van der Waals surface area contributed by atoms with Gasteiger partial charge in [-0.2, -0.15) is 0 Å². The molecule has 0 fully saturated rings. The molecule has 0 aliphatic carbocycles. The monoisotopic (exact) mass is 652 g/mol. The van der Waals surface area contributed by atoms with E-state index in [1.165, 1.54) is 0 Å². The Hall–Kier alpha value is 6.03. The predicted octanol–water partition coefficient (Wildman–Crippen LogP) is -0.517. The molecule has 61 valence electrons. The van der Waals surface area contributed by atoms with Crippen LogP contribution in [0, 0.1) is 0 Å². The van der Waals surface area contributed by atoms with Crippen LogP contribution in [0.1, 0.15) is 0 Å². The zero-order valence-corrected chi connectivity index (χ0v) is 18.1. The maximum absolute atomic E-state index is 0. The van der Waals surface area contributed by atoms with Crippen molar-refractivity contribution in [3.63, 3.8) is 0 Å². The normalized spacial score (nSPS) is 0. The van der Waals surface area contributed by atoms with Crippen molar-refractivity contribution in [2.45, 2.75) is 0 Å². The van der Waals surface area contributed by atoms with Gasteiger partial charge in [0.1, 0.15) is 0 Å². The van der Waals surface area contributed by atoms with E-state index in [-0.39, 0.29) is 222 Å². The molecule has 0 spiro atoms. The van der Waals surface area contributed by atoms with Gasteiger partial charge in [-0.25, -0.2) is 0 Å². The van der Waals surface area contributed by atoms with Crippen molar-refractivity contribution in [3.8, 4) is 0 Å². The molecule has 3 radical (unpaired) electrons. The second-order valence-electron chi connectivity index (χ2n) is 0. The van der Waals surface area contributed by atoms with E-state index in [2.05, 4.69) is 0 Å². The molecule has 0 unspecified atom stereocenters. The molecular formula is H3Li3N5Nb6. The molecular weight excluding hydrogens is 648 g/mol. The van der Waals surface area contributed by atoms with Crippen molar-refractivity contribution in [1.29, 1.82) is 0 Å². The second-order valence-corrected chi connectivity index (χ2v) is 0. The minimum absolute atomic E-state index is 0. The molecule has 0 aromatic heterocycles. The Morgan fingerprint density at radius 3 is 0.286 bits per heavy atom. The fraction of sp³-hybridized carbons (Fsp3) is 0. The SMILES string of the molecule is [LiH].[LiH].[LiH].[N-3].[N-3].[N-3].[N-3].[N-3].[Nb+5].[Nb+5].[Nb+5].[Nb].[Nb].[Nb]. The van der Waals surface area contributed by atoms with Gasteiger partial charge >= 0.3 is 124 Å². The van der Waals surface area contributed by atoms with Gasteiger partial charge in [0, 0.05) is 67.1 Å². The summed E-state index contributed by atoms with van der Waals surface area (Å²) in [6, 6.07) is 0. The maximum atomic E-state index is 0. The first-order valence-corrected chi connectivity index (χ1v) is 0. The van der Waals surface area contributed by atoms with Crippen LogP contribution in [-0.2, 0) is 134 Å². The van der Waals surface area contributed by atoms with Gasteiger partial charge in [0.05, 0.1) is 0 Å². The second kappa shape index (κ2) is 170. The maximum Gasteiger partial charge on any atom is 5.00 e. The summed E-state index contributed by atoms with van der Waals surface area (Å²) in [4.78, 5) is 0. The number of hydrogen-bond acceptors (Lipinski definition) is 0. The summed E-state index contributed by atoms with van der Waals surface area (Å²) in [6.07, 6.45) is 0. The van der Waals surface area contributed by atoms with Crippen molar-refractivity contribution in [3.05, 3.63) is 30.8 Å². The summed E-state index contributed by atoms with van der Waals surface area (Å²) in [5.74, 6) is 0. The van der Waals surface area contributed by atoms with Crippen LogP contribution in [0.5, 0.6) is 0 Å². The predicted molar refractivity (Wildman–Crippen MR) is 38.2 cm³/mol. The largest absolute Gasteiger partial charge is 5.00 e. The van der Waals surface area contributed by atoms with Crippen molar-refractivity contribution in [1.82, 2.24) is 0 Å². The fourth-order valence-corrected chi connectivity index (χ4v) is 0. The van der Waals surface area contributed by atoms with Crippen LogP contribution in [-0.4, -0.2) is 56.6 Å². The molecule has 0 atom stereocenters. The van der Waals surface area contributed by atoms with Gasteiger partial charge in [0.15, 0.2) is 0 Å². The van der Waals surface area contributed by atoms with Crippen molar-refractivity contribution in [2.75, 3.05) is 0 Å². The smallest absolute Gasteiger partial charge is 3.00 e. The summed E-state index contributed by atoms with van der Waals surface area (Å²) < 4.78 is 0. The van der Waals surface area contributed by atoms with Crippen LogP contribution in [0.15, 0.2) is 0 Å². The zero-order valence-electron chi connectivity index (χ0n) is 4.92. The zero-order chi connectivity index (χ0) is 0. The number of nitrogens with zero attached hydrogens (tertiary/aromatic N) is 5.